The summed E-state index contributed by atoms with van der Waals surface area (Å²) < 4.78 is 5.93. The number of rotatable bonds is 6. The maximum Gasteiger partial charge on any atom is 0.293 e. The van der Waals surface area contributed by atoms with Crippen molar-refractivity contribution in [2.75, 3.05) is 0 Å². The lowest BCUT2D eigenvalue weighted by Crippen LogP contribution is -2.36. The molecule has 0 aliphatic carbocycles. The van der Waals surface area contributed by atoms with Gasteiger partial charge in [-0.2, -0.15) is 0 Å². The molecule has 2 aromatic rings. The molecule has 0 N–H and O–H groups in total. The molecule has 3 rings (SSSR count). The first kappa shape index (κ1) is 18.3. The molecule has 5 heteroatoms. The number of nitrogens with zero attached hydrogens (tertiary/aromatic N) is 1. The number of hydrogen-bond donors (Lipinski definition) is 0. The van der Waals surface area contributed by atoms with Crippen molar-refractivity contribution in [1.29, 1.82) is 0 Å². The summed E-state index contributed by atoms with van der Waals surface area (Å²) in [5.74, 6) is 0.457. The van der Waals surface area contributed by atoms with Crippen LogP contribution in [0.2, 0.25) is 0 Å². The van der Waals surface area contributed by atoms with Crippen LogP contribution in [-0.2, 0) is 11.4 Å². The molecule has 0 unspecified atom stereocenters. The van der Waals surface area contributed by atoms with E-state index in [-0.39, 0.29) is 17.2 Å². The molecular formula is C21H21NO3S. The van der Waals surface area contributed by atoms with E-state index in [2.05, 4.69) is 0 Å². The number of thioether (sulfide) groups is 1. The van der Waals surface area contributed by atoms with Crippen LogP contribution >= 0.6 is 11.8 Å². The van der Waals surface area contributed by atoms with Crippen molar-refractivity contribution in [1.82, 2.24) is 4.90 Å². The van der Waals surface area contributed by atoms with Crippen LogP contribution in [0.4, 0.5) is 4.79 Å². The van der Waals surface area contributed by atoms with Gasteiger partial charge in [-0.1, -0.05) is 55.5 Å². The molecular weight excluding hydrogens is 346 g/mol. The van der Waals surface area contributed by atoms with Crippen LogP contribution in [0.1, 0.15) is 31.4 Å². The lowest BCUT2D eigenvalue weighted by Gasteiger charge is -2.19. The Morgan fingerprint density at radius 3 is 2.50 bits per heavy atom. The topological polar surface area (TPSA) is 46.6 Å². The Balaban J connectivity index is 1.81. The zero-order chi connectivity index (χ0) is 18.5. The standard InChI is InChI=1S/C21H21NO3S/c1-3-15(2)22-20(23)19(26-21(22)24)13-17-11-7-8-12-18(17)25-14-16-9-5-4-6-10-16/h4-13,15H,3,14H2,1-2H3/b19-13+/t15-/m1/s1. The highest BCUT2D eigenvalue weighted by atomic mass is 32.2. The van der Waals surface area contributed by atoms with Crippen LogP contribution in [0.25, 0.3) is 6.08 Å². The highest BCUT2D eigenvalue weighted by Crippen LogP contribution is 2.35. The third kappa shape index (κ3) is 3.99. The molecule has 1 heterocycles. The second kappa shape index (κ2) is 8.23. The third-order valence-corrected chi connectivity index (χ3v) is 5.18. The number of hydrogen-bond acceptors (Lipinski definition) is 4. The van der Waals surface area contributed by atoms with Crippen molar-refractivity contribution in [3.63, 3.8) is 0 Å². The molecule has 0 radical (unpaired) electrons. The lowest BCUT2D eigenvalue weighted by molar-refractivity contribution is -0.124. The van der Waals surface area contributed by atoms with Gasteiger partial charge in [0.15, 0.2) is 0 Å². The van der Waals surface area contributed by atoms with E-state index in [9.17, 15) is 9.59 Å². The lowest BCUT2D eigenvalue weighted by atomic mass is 10.1. The van der Waals surface area contributed by atoms with Crippen LogP contribution in [0.5, 0.6) is 5.75 Å². The fourth-order valence-corrected chi connectivity index (χ4v) is 3.57. The first-order chi connectivity index (χ1) is 12.6. The Bertz CT molecular complexity index is 832. The SMILES string of the molecule is CC[C@@H](C)N1C(=O)S/C(=C/c2ccccc2OCc2ccccc2)C1=O. The molecule has 26 heavy (non-hydrogen) atoms. The molecule has 1 atom stereocenters. The number of benzene rings is 2. The van der Waals surface area contributed by atoms with E-state index in [1.54, 1.807) is 6.08 Å². The van der Waals surface area contributed by atoms with E-state index in [0.717, 1.165) is 29.3 Å². The molecule has 1 saturated heterocycles. The molecule has 1 fully saturated rings. The minimum Gasteiger partial charge on any atom is -0.488 e. The summed E-state index contributed by atoms with van der Waals surface area (Å²) in [7, 11) is 0. The molecule has 0 bridgehead atoms. The van der Waals surface area contributed by atoms with Crippen molar-refractivity contribution in [3.05, 3.63) is 70.6 Å². The summed E-state index contributed by atoms with van der Waals surface area (Å²) in [5.41, 5.74) is 1.86. The van der Waals surface area contributed by atoms with E-state index in [0.29, 0.717) is 17.3 Å². The van der Waals surface area contributed by atoms with Gasteiger partial charge in [-0.25, -0.2) is 0 Å². The molecule has 134 valence electrons. The monoisotopic (exact) mass is 367 g/mol. The molecule has 0 aromatic heterocycles. The van der Waals surface area contributed by atoms with Gasteiger partial charge in [0.05, 0.1) is 4.91 Å². The number of ether oxygens (including phenoxy) is 1. The van der Waals surface area contributed by atoms with E-state index in [4.69, 9.17) is 4.74 Å². The number of carbonyl (C=O) groups excluding carboxylic acids is 2. The van der Waals surface area contributed by atoms with Gasteiger partial charge in [0.25, 0.3) is 11.1 Å². The van der Waals surface area contributed by atoms with Crippen LogP contribution in [0.3, 0.4) is 0 Å². The summed E-state index contributed by atoms with van der Waals surface area (Å²) in [6.45, 7) is 4.29. The molecule has 1 aliphatic heterocycles. The van der Waals surface area contributed by atoms with Crippen LogP contribution in [0.15, 0.2) is 59.5 Å². The maximum absolute atomic E-state index is 12.6. The van der Waals surface area contributed by atoms with Crippen molar-refractivity contribution in [3.8, 4) is 5.75 Å². The predicted octanol–water partition coefficient (Wildman–Crippen LogP) is 5.10. The minimum atomic E-state index is -0.229. The van der Waals surface area contributed by atoms with Gasteiger partial charge in [0.2, 0.25) is 0 Å². The quantitative estimate of drug-likeness (QED) is 0.666. The average Bonchev–Trinajstić information content (AvgIpc) is 2.94. The fourth-order valence-electron chi connectivity index (χ4n) is 2.65. The van der Waals surface area contributed by atoms with E-state index >= 15 is 0 Å². The van der Waals surface area contributed by atoms with Gasteiger partial charge in [0.1, 0.15) is 12.4 Å². The van der Waals surface area contributed by atoms with E-state index < -0.39 is 0 Å². The smallest absolute Gasteiger partial charge is 0.293 e. The Morgan fingerprint density at radius 1 is 1.08 bits per heavy atom. The van der Waals surface area contributed by atoms with Crippen molar-refractivity contribution in [2.45, 2.75) is 32.9 Å². The van der Waals surface area contributed by atoms with Crippen LogP contribution in [0, 0.1) is 0 Å². The zero-order valence-electron chi connectivity index (χ0n) is 14.8. The van der Waals surface area contributed by atoms with Gasteiger partial charge in [-0.3, -0.25) is 14.5 Å². The number of para-hydroxylation sites is 1. The Hall–Kier alpha value is -2.53. The van der Waals surface area contributed by atoms with Gasteiger partial charge in [-0.15, -0.1) is 0 Å². The second-order valence-corrected chi connectivity index (χ2v) is 7.11. The summed E-state index contributed by atoms with van der Waals surface area (Å²) in [5, 5.41) is -0.210. The zero-order valence-corrected chi connectivity index (χ0v) is 15.7. The third-order valence-electron chi connectivity index (χ3n) is 4.30. The van der Waals surface area contributed by atoms with Crippen LogP contribution in [-0.4, -0.2) is 22.1 Å². The Labute approximate surface area is 157 Å². The highest BCUT2D eigenvalue weighted by Gasteiger charge is 2.37. The Kier molecular flexibility index (Phi) is 5.78. The molecule has 0 spiro atoms. The number of carbonyl (C=O) groups is 2. The predicted molar refractivity (Wildman–Crippen MR) is 105 cm³/mol. The normalized spacial score (nSPS) is 17.0. The van der Waals surface area contributed by atoms with Crippen molar-refractivity contribution < 1.29 is 14.3 Å². The highest BCUT2D eigenvalue weighted by molar-refractivity contribution is 8.18. The summed E-state index contributed by atoms with van der Waals surface area (Å²) >= 11 is 0.986. The summed E-state index contributed by atoms with van der Waals surface area (Å²) in [6, 6.07) is 17.3. The molecule has 2 aromatic carbocycles. The Morgan fingerprint density at radius 2 is 1.77 bits per heavy atom. The summed E-state index contributed by atoms with van der Waals surface area (Å²) in [6.07, 6.45) is 2.48. The van der Waals surface area contributed by atoms with Gasteiger partial charge in [0, 0.05) is 11.6 Å². The second-order valence-electron chi connectivity index (χ2n) is 6.12. The number of imide groups is 1. The minimum absolute atomic E-state index is 0.0991. The van der Waals surface area contributed by atoms with E-state index in [1.807, 2.05) is 68.4 Å². The van der Waals surface area contributed by atoms with Crippen molar-refractivity contribution >= 4 is 29.0 Å². The first-order valence-corrected chi connectivity index (χ1v) is 9.44. The van der Waals surface area contributed by atoms with Crippen LogP contribution < -0.4 is 4.74 Å². The first-order valence-electron chi connectivity index (χ1n) is 8.63. The van der Waals surface area contributed by atoms with Gasteiger partial charge >= 0.3 is 0 Å². The molecule has 0 saturated carbocycles. The van der Waals surface area contributed by atoms with Gasteiger partial charge in [-0.05, 0) is 42.8 Å². The molecule has 1 aliphatic rings. The summed E-state index contributed by atoms with van der Waals surface area (Å²) in [4.78, 5) is 26.5. The van der Waals surface area contributed by atoms with E-state index in [1.165, 1.54) is 4.90 Å². The maximum atomic E-state index is 12.6. The van der Waals surface area contributed by atoms with Gasteiger partial charge < -0.3 is 4.74 Å². The number of amides is 2. The molecule has 2 amide bonds. The average molecular weight is 367 g/mol. The molecule has 4 nitrogen and oxygen atoms in total. The largest absolute Gasteiger partial charge is 0.488 e. The fraction of sp³-hybridized carbons (Fsp3) is 0.238. The van der Waals surface area contributed by atoms with Crippen molar-refractivity contribution in [2.24, 2.45) is 0 Å².